The molecular formula is C19H25N5O3. The van der Waals surface area contributed by atoms with Gasteiger partial charge in [-0.15, -0.1) is 0 Å². The van der Waals surface area contributed by atoms with Crippen molar-refractivity contribution in [3.05, 3.63) is 57.4 Å². The van der Waals surface area contributed by atoms with E-state index in [9.17, 15) is 14.9 Å². The van der Waals surface area contributed by atoms with Gasteiger partial charge in [-0.3, -0.25) is 24.5 Å². The number of aromatic nitrogens is 2. The number of aryl methyl sites for hydroxylation is 2. The number of hydrogen-bond donors (Lipinski definition) is 0. The first-order valence-corrected chi connectivity index (χ1v) is 9.16. The second-order valence-electron chi connectivity index (χ2n) is 6.99. The molecule has 0 spiro atoms. The van der Waals surface area contributed by atoms with Crippen LogP contribution in [0.1, 0.15) is 23.2 Å². The maximum absolute atomic E-state index is 12.5. The standard InChI is InChI=1S/C19H25N5O3/c1-15-3-5-17(6-4-15)14-21-9-11-22(12-10-21)19(25)7-8-23-16(2)18(13-20-23)24(26)27/h3-6,13H,7-12,14H2,1-2H3. The highest BCUT2D eigenvalue weighted by Gasteiger charge is 2.22. The van der Waals surface area contributed by atoms with Crippen LogP contribution in [0.3, 0.4) is 0 Å². The summed E-state index contributed by atoms with van der Waals surface area (Å²) in [4.78, 5) is 27.1. The molecule has 1 amide bonds. The number of carbonyl (C=O) groups is 1. The summed E-state index contributed by atoms with van der Waals surface area (Å²) in [6.07, 6.45) is 1.54. The van der Waals surface area contributed by atoms with Gasteiger partial charge >= 0.3 is 5.69 Å². The average Bonchev–Trinajstić information content (AvgIpc) is 3.03. The molecule has 1 aromatic heterocycles. The van der Waals surface area contributed by atoms with Crippen molar-refractivity contribution in [2.75, 3.05) is 26.2 Å². The maximum Gasteiger partial charge on any atom is 0.309 e. The van der Waals surface area contributed by atoms with E-state index >= 15 is 0 Å². The van der Waals surface area contributed by atoms with E-state index in [0.717, 1.165) is 19.6 Å². The predicted octanol–water partition coefficient (Wildman–Crippen LogP) is 2.14. The number of carbonyl (C=O) groups excluding carboxylic acids is 1. The summed E-state index contributed by atoms with van der Waals surface area (Å²) in [5.74, 6) is 0.0718. The Bertz CT molecular complexity index is 807. The van der Waals surface area contributed by atoms with E-state index in [0.29, 0.717) is 31.7 Å². The van der Waals surface area contributed by atoms with Crippen molar-refractivity contribution in [3.8, 4) is 0 Å². The molecule has 1 fully saturated rings. The van der Waals surface area contributed by atoms with E-state index in [1.54, 1.807) is 6.92 Å². The molecular weight excluding hydrogens is 346 g/mol. The molecule has 0 N–H and O–H groups in total. The lowest BCUT2D eigenvalue weighted by atomic mass is 10.1. The Morgan fingerprint density at radius 1 is 1.15 bits per heavy atom. The lowest BCUT2D eigenvalue weighted by molar-refractivity contribution is -0.385. The van der Waals surface area contributed by atoms with Crippen LogP contribution in [0.15, 0.2) is 30.5 Å². The largest absolute Gasteiger partial charge is 0.340 e. The van der Waals surface area contributed by atoms with Crippen LogP contribution in [0.2, 0.25) is 0 Å². The Kier molecular flexibility index (Phi) is 5.85. The van der Waals surface area contributed by atoms with Crippen LogP contribution in [0.25, 0.3) is 0 Å². The third-order valence-electron chi connectivity index (χ3n) is 5.06. The van der Waals surface area contributed by atoms with Crippen LogP contribution in [-0.4, -0.2) is 56.6 Å². The molecule has 0 saturated carbocycles. The van der Waals surface area contributed by atoms with Crippen LogP contribution in [0, 0.1) is 24.0 Å². The van der Waals surface area contributed by atoms with Crippen LogP contribution in [0.5, 0.6) is 0 Å². The van der Waals surface area contributed by atoms with Gasteiger partial charge in [0.05, 0.1) is 11.5 Å². The van der Waals surface area contributed by atoms with E-state index < -0.39 is 4.92 Å². The number of rotatable bonds is 6. The van der Waals surface area contributed by atoms with Crippen molar-refractivity contribution >= 4 is 11.6 Å². The first kappa shape index (κ1) is 19.0. The zero-order valence-electron chi connectivity index (χ0n) is 15.8. The topological polar surface area (TPSA) is 84.5 Å². The number of piperazine rings is 1. The number of hydrogen-bond acceptors (Lipinski definition) is 5. The minimum atomic E-state index is -0.450. The van der Waals surface area contributed by atoms with Crippen molar-refractivity contribution < 1.29 is 9.72 Å². The molecule has 1 aromatic carbocycles. The quantitative estimate of drug-likeness (QED) is 0.574. The molecule has 2 aromatic rings. The van der Waals surface area contributed by atoms with E-state index in [2.05, 4.69) is 41.2 Å². The lowest BCUT2D eigenvalue weighted by Gasteiger charge is -2.34. The fourth-order valence-corrected chi connectivity index (χ4v) is 3.31. The summed E-state index contributed by atoms with van der Waals surface area (Å²) in [7, 11) is 0. The fourth-order valence-electron chi connectivity index (χ4n) is 3.31. The van der Waals surface area contributed by atoms with Gasteiger partial charge in [0.1, 0.15) is 11.9 Å². The normalized spacial score (nSPS) is 15.1. The van der Waals surface area contributed by atoms with E-state index in [1.165, 1.54) is 22.0 Å². The highest BCUT2D eigenvalue weighted by atomic mass is 16.6. The van der Waals surface area contributed by atoms with Crippen molar-refractivity contribution in [2.45, 2.75) is 33.4 Å². The molecule has 0 atom stereocenters. The average molecular weight is 371 g/mol. The van der Waals surface area contributed by atoms with Crippen LogP contribution < -0.4 is 0 Å². The van der Waals surface area contributed by atoms with Gasteiger partial charge in [0.2, 0.25) is 5.91 Å². The summed E-state index contributed by atoms with van der Waals surface area (Å²) in [5.41, 5.74) is 3.02. The van der Waals surface area contributed by atoms with Crippen LogP contribution in [-0.2, 0) is 17.9 Å². The van der Waals surface area contributed by atoms with Gasteiger partial charge in [0.25, 0.3) is 0 Å². The van der Waals surface area contributed by atoms with E-state index in [4.69, 9.17) is 0 Å². The SMILES string of the molecule is Cc1ccc(CN2CCN(C(=O)CCn3ncc([N+](=O)[O-])c3C)CC2)cc1. The van der Waals surface area contributed by atoms with Gasteiger partial charge < -0.3 is 4.90 Å². The molecule has 0 bridgehead atoms. The molecule has 8 nitrogen and oxygen atoms in total. The zero-order valence-corrected chi connectivity index (χ0v) is 15.8. The van der Waals surface area contributed by atoms with Gasteiger partial charge in [-0.05, 0) is 19.4 Å². The Morgan fingerprint density at radius 3 is 2.41 bits per heavy atom. The summed E-state index contributed by atoms with van der Waals surface area (Å²) >= 11 is 0. The number of nitrogens with zero attached hydrogens (tertiary/aromatic N) is 5. The second kappa shape index (κ2) is 8.30. The third kappa shape index (κ3) is 4.71. The minimum absolute atomic E-state index is 0.00725. The molecule has 1 saturated heterocycles. The molecule has 144 valence electrons. The Balaban J connectivity index is 1.46. The van der Waals surface area contributed by atoms with Crippen molar-refractivity contribution in [2.24, 2.45) is 0 Å². The molecule has 8 heteroatoms. The molecule has 2 heterocycles. The number of benzene rings is 1. The first-order valence-electron chi connectivity index (χ1n) is 9.16. The predicted molar refractivity (Wildman–Crippen MR) is 101 cm³/mol. The Morgan fingerprint density at radius 2 is 1.81 bits per heavy atom. The lowest BCUT2D eigenvalue weighted by Crippen LogP contribution is -2.48. The smallest absolute Gasteiger partial charge is 0.309 e. The first-order chi connectivity index (χ1) is 12.9. The van der Waals surface area contributed by atoms with Crippen molar-refractivity contribution in [1.29, 1.82) is 0 Å². The van der Waals surface area contributed by atoms with Gasteiger partial charge in [-0.1, -0.05) is 29.8 Å². The van der Waals surface area contributed by atoms with Crippen LogP contribution in [0.4, 0.5) is 5.69 Å². The molecule has 0 aliphatic carbocycles. The molecule has 3 rings (SSSR count). The van der Waals surface area contributed by atoms with Gasteiger partial charge in [-0.25, -0.2) is 0 Å². The van der Waals surface area contributed by atoms with Crippen LogP contribution >= 0.6 is 0 Å². The minimum Gasteiger partial charge on any atom is -0.340 e. The summed E-state index contributed by atoms with van der Waals surface area (Å²) in [6, 6.07) is 8.55. The highest BCUT2D eigenvalue weighted by molar-refractivity contribution is 5.76. The number of nitro groups is 1. The van der Waals surface area contributed by atoms with E-state index in [1.807, 2.05) is 4.90 Å². The van der Waals surface area contributed by atoms with E-state index in [-0.39, 0.29) is 11.6 Å². The molecule has 0 unspecified atom stereocenters. The summed E-state index contributed by atoms with van der Waals surface area (Å²) in [6.45, 7) is 8.13. The number of amides is 1. The molecule has 1 aliphatic rings. The third-order valence-corrected chi connectivity index (χ3v) is 5.06. The van der Waals surface area contributed by atoms with Gasteiger partial charge in [0, 0.05) is 39.1 Å². The zero-order chi connectivity index (χ0) is 19.4. The molecule has 27 heavy (non-hydrogen) atoms. The highest BCUT2D eigenvalue weighted by Crippen LogP contribution is 2.17. The monoisotopic (exact) mass is 371 g/mol. The molecule has 0 radical (unpaired) electrons. The van der Waals surface area contributed by atoms with Crippen molar-refractivity contribution in [1.82, 2.24) is 19.6 Å². The fraction of sp³-hybridized carbons (Fsp3) is 0.474. The van der Waals surface area contributed by atoms with Gasteiger partial charge in [-0.2, -0.15) is 5.10 Å². The van der Waals surface area contributed by atoms with Crippen molar-refractivity contribution in [3.63, 3.8) is 0 Å². The maximum atomic E-state index is 12.5. The molecule has 1 aliphatic heterocycles. The van der Waals surface area contributed by atoms with Gasteiger partial charge in [0.15, 0.2) is 0 Å². The Hall–Kier alpha value is -2.74. The summed E-state index contributed by atoms with van der Waals surface area (Å²) in [5, 5.41) is 14.9. The Labute approximate surface area is 158 Å². The summed E-state index contributed by atoms with van der Waals surface area (Å²) < 4.78 is 1.53. The second-order valence-corrected chi connectivity index (χ2v) is 6.99.